The van der Waals surface area contributed by atoms with E-state index in [1.165, 1.54) is 0 Å². The highest BCUT2D eigenvalue weighted by atomic mass is 35.5. The molecule has 0 bridgehead atoms. The number of hydrogen-bond donors (Lipinski definition) is 1. The summed E-state index contributed by atoms with van der Waals surface area (Å²) in [7, 11) is 0. The van der Waals surface area contributed by atoms with E-state index in [4.69, 9.17) is 9.84 Å². The van der Waals surface area contributed by atoms with E-state index in [0.29, 0.717) is 13.2 Å². The van der Waals surface area contributed by atoms with Gasteiger partial charge in [0.15, 0.2) is 0 Å². The Bertz CT molecular complexity index is 356. The van der Waals surface area contributed by atoms with Crippen LogP contribution in [0, 0.1) is 0 Å². The summed E-state index contributed by atoms with van der Waals surface area (Å²) in [5, 5.41) is 8.71. The molecule has 1 aromatic rings. The summed E-state index contributed by atoms with van der Waals surface area (Å²) in [6.45, 7) is 1.20. The molecule has 4 nitrogen and oxygen atoms in total. The van der Waals surface area contributed by atoms with Crippen LogP contribution in [0.4, 0.5) is 5.69 Å². The predicted molar refractivity (Wildman–Crippen MR) is 59.0 cm³/mol. The van der Waals surface area contributed by atoms with Crippen LogP contribution in [-0.4, -0.2) is 30.8 Å². The molecule has 1 heterocycles. The number of anilines is 1. The summed E-state index contributed by atoms with van der Waals surface area (Å²) in [5.74, 6) is -0.0540. The summed E-state index contributed by atoms with van der Waals surface area (Å²) in [5.41, 5.74) is 0.862. The molecule has 1 aromatic carbocycles. The second kappa shape index (κ2) is 4.89. The maximum absolute atomic E-state index is 10.6. The van der Waals surface area contributed by atoms with Crippen molar-refractivity contribution in [2.45, 2.75) is 0 Å². The summed E-state index contributed by atoms with van der Waals surface area (Å²) < 4.78 is 5.40. The van der Waals surface area contributed by atoms with Gasteiger partial charge in [-0.25, -0.2) is 0 Å². The SMILES string of the molecule is Cl.O=C(O)CN1CCOc2ccccc21. The molecule has 0 radical (unpaired) electrons. The van der Waals surface area contributed by atoms with Crippen LogP contribution in [0.2, 0.25) is 0 Å². The second-order valence-electron chi connectivity index (χ2n) is 3.13. The van der Waals surface area contributed by atoms with E-state index in [2.05, 4.69) is 0 Å². The molecule has 1 N–H and O–H groups in total. The number of halogens is 1. The first kappa shape index (κ1) is 11.7. The van der Waals surface area contributed by atoms with Gasteiger partial charge in [0, 0.05) is 0 Å². The van der Waals surface area contributed by atoms with Gasteiger partial charge in [0.2, 0.25) is 0 Å². The minimum Gasteiger partial charge on any atom is -0.490 e. The number of nitrogens with zero attached hydrogens (tertiary/aromatic N) is 1. The largest absolute Gasteiger partial charge is 0.490 e. The molecular formula is C10H12ClNO3. The molecule has 0 amide bonds. The van der Waals surface area contributed by atoms with E-state index in [1.807, 2.05) is 24.3 Å². The Morgan fingerprint density at radius 2 is 2.20 bits per heavy atom. The van der Waals surface area contributed by atoms with Crippen LogP contribution in [0.1, 0.15) is 0 Å². The van der Waals surface area contributed by atoms with E-state index < -0.39 is 5.97 Å². The Morgan fingerprint density at radius 1 is 1.47 bits per heavy atom. The molecule has 15 heavy (non-hydrogen) atoms. The third kappa shape index (κ3) is 2.53. The molecule has 0 unspecified atom stereocenters. The molecule has 2 rings (SSSR count). The molecule has 0 saturated carbocycles. The maximum atomic E-state index is 10.6. The Balaban J connectivity index is 0.00000112. The average Bonchev–Trinajstić information content (AvgIpc) is 2.18. The van der Waals surface area contributed by atoms with Crippen molar-refractivity contribution in [3.05, 3.63) is 24.3 Å². The Labute approximate surface area is 93.9 Å². The highest BCUT2D eigenvalue weighted by molar-refractivity contribution is 5.85. The van der Waals surface area contributed by atoms with Crippen molar-refractivity contribution in [2.75, 3.05) is 24.6 Å². The van der Waals surface area contributed by atoms with E-state index in [-0.39, 0.29) is 19.0 Å². The number of carbonyl (C=O) groups is 1. The third-order valence-electron chi connectivity index (χ3n) is 2.15. The van der Waals surface area contributed by atoms with E-state index in [1.54, 1.807) is 4.90 Å². The van der Waals surface area contributed by atoms with Crippen LogP contribution < -0.4 is 9.64 Å². The van der Waals surface area contributed by atoms with Gasteiger partial charge >= 0.3 is 5.97 Å². The molecule has 0 atom stereocenters. The molecular weight excluding hydrogens is 218 g/mol. The number of carboxylic acid groups (broad SMARTS) is 1. The summed E-state index contributed by atoms with van der Waals surface area (Å²) in [4.78, 5) is 12.4. The summed E-state index contributed by atoms with van der Waals surface area (Å²) in [6.07, 6.45) is 0. The first-order valence-electron chi connectivity index (χ1n) is 4.46. The predicted octanol–water partition coefficient (Wildman–Crippen LogP) is 1.39. The van der Waals surface area contributed by atoms with Crippen LogP contribution in [0.5, 0.6) is 5.75 Å². The molecule has 0 saturated heterocycles. The molecule has 1 aliphatic heterocycles. The number of ether oxygens (including phenoxy) is 1. The van der Waals surface area contributed by atoms with Gasteiger partial charge in [0.05, 0.1) is 12.2 Å². The number of para-hydroxylation sites is 2. The van der Waals surface area contributed by atoms with Crippen molar-refractivity contribution in [1.29, 1.82) is 0 Å². The number of aliphatic carboxylic acids is 1. The zero-order chi connectivity index (χ0) is 9.97. The molecule has 0 aliphatic carbocycles. The van der Waals surface area contributed by atoms with Crippen molar-refractivity contribution in [2.24, 2.45) is 0 Å². The molecule has 1 aliphatic rings. The van der Waals surface area contributed by atoms with Crippen LogP contribution in [0.15, 0.2) is 24.3 Å². The Morgan fingerprint density at radius 3 is 2.93 bits per heavy atom. The van der Waals surface area contributed by atoms with Gasteiger partial charge in [0.1, 0.15) is 18.9 Å². The minimum atomic E-state index is -0.818. The van der Waals surface area contributed by atoms with E-state index in [9.17, 15) is 4.79 Å². The topological polar surface area (TPSA) is 49.8 Å². The number of benzene rings is 1. The lowest BCUT2D eigenvalue weighted by atomic mass is 10.2. The van der Waals surface area contributed by atoms with Crippen molar-refractivity contribution < 1.29 is 14.6 Å². The fourth-order valence-corrected chi connectivity index (χ4v) is 1.55. The molecule has 82 valence electrons. The van der Waals surface area contributed by atoms with Crippen molar-refractivity contribution in [1.82, 2.24) is 0 Å². The summed E-state index contributed by atoms with van der Waals surface area (Å²) >= 11 is 0. The van der Waals surface area contributed by atoms with Crippen LogP contribution in [0.3, 0.4) is 0 Å². The second-order valence-corrected chi connectivity index (χ2v) is 3.13. The fraction of sp³-hybridized carbons (Fsp3) is 0.300. The first-order chi connectivity index (χ1) is 6.77. The molecule has 0 aromatic heterocycles. The Kier molecular flexibility index (Phi) is 3.80. The first-order valence-corrected chi connectivity index (χ1v) is 4.46. The quantitative estimate of drug-likeness (QED) is 0.833. The lowest BCUT2D eigenvalue weighted by Crippen LogP contribution is -2.36. The normalized spacial score (nSPS) is 13.5. The summed E-state index contributed by atoms with van der Waals surface area (Å²) in [6, 6.07) is 7.48. The van der Waals surface area contributed by atoms with Gasteiger partial charge in [0.25, 0.3) is 0 Å². The highest BCUT2D eigenvalue weighted by Gasteiger charge is 2.18. The third-order valence-corrected chi connectivity index (χ3v) is 2.15. The van der Waals surface area contributed by atoms with Crippen LogP contribution in [-0.2, 0) is 4.79 Å². The number of carboxylic acids is 1. The van der Waals surface area contributed by atoms with Crippen molar-refractivity contribution in [3.8, 4) is 5.75 Å². The molecule has 5 heteroatoms. The lowest BCUT2D eigenvalue weighted by molar-refractivity contribution is -0.135. The van der Waals surface area contributed by atoms with Gasteiger partial charge in [-0.05, 0) is 12.1 Å². The van der Waals surface area contributed by atoms with E-state index >= 15 is 0 Å². The monoisotopic (exact) mass is 229 g/mol. The smallest absolute Gasteiger partial charge is 0.323 e. The zero-order valence-electron chi connectivity index (χ0n) is 8.05. The maximum Gasteiger partial charge on any atom is 0.323 e. The van der Waals surface area contributed by atoms with Crippen molar-refractivity contribution in [3.63, 3.8) is 0 Å². The Hall–Kier alpha value is -1.42. The van der Waals surface area contributed by atoms with Gasteiger partial charge in [-0.1, -0.05) is 12.1 Å². The van der Waals surface area contributed by atoms with Crippen LogP contribution >= 0.6 is 12.4 Å². The molecule has 0 fully saturated rings. The fourth-order valence-electron chi connectivity index (χ4n) is 1.55. The minimum absolute atomic E-state index is 0. The van der Waals surface area contributed by atoms with E-state index in [0.717, 1.165) is 11.4 Å². The number of rotatable bonds is 2. The molecule has 0 spiro atoms. The van der Waals surface area contributed by atoms with Crippen LogP contribution in [0.25, 0.3) is 0 Å². The van der Waals surface area contributed by atoms with Gasteiger partial charge < -0.3 is 14.7 Å². The standard InChI is InChI=1S/C10H11NO3.ClH/c12-10(13)7-11-5-6-14-9-4-2-1-3-8(9)11;/h1-4H,5-7H2,(H,12,13);1H. The number of hydrogen-bond acceptors (Lipinski definition) is 3. The average molecular weight is 230 g/mol. The zero-order valence-corrected chi connectivity index (χ0v) is 8.87. The van der Waals surface area contributed by atoms with Gasteiger partial charge in [-0.2, -0.15) is 0 Å². The number of fused-ring (bicyclic) bond motifs is 1. The van der Waals surface area contributed by atoms with Crippen molar-refractivity contribution >= 4 is 24.1 Å². The lowest BCUT2D eigenvalue weighted by Gasteiger charge is -2.29. The van der Waals surface area contributed by atoms with Gasteiger partial charge in [-0.3, -0.25) is 4.79 Å². The highest BCUT2D eigenvalue weighted by Crippen LogP contribution is 2.30. The van der Waals surface area contributed by atoms with Gasteiger partial charge in [-0.15, -0.1) is 12.4 Å².